The summed E-state index contributed by atoms with van der Waals surface area (Å²) in [6.07, 6.45) is 10.7. The largest absolute Gasteiger partial charge is 0.355 e. The molecule has 0 spiro atoms. The molecule has 0 saturated heterocycles. The van der Waals surface area contributed by atoms with Crippen LogP contribution in [0.5, 0.6) is 0 Å². The third kappa shape index (κ3) is 10.7. The van der Waals surface area contributed by atoms with Gasteiger partial charge in [-0.3, -0.25) is 10.3 Å². The van der Waals surface area contributed by atoms with Crippen molar-refractivity contribution >= 4 is 17.7 Å². The molecule has 0 fully saturated rings. The maximum atomic E-state index is 8.81. The number of aryl methyl sites for hydroxylation is 1. The number of aromatic nitrogens is 2. The van der Waals surface area contributed by atoms with Crippen molar-refractivity contribution in [3.05, 3.63) is 17.7 Å². The van der Waals surface area contributed by atoms with E-state index in [-0.39, 0.29) is 0 Å². The van der Waals surface area contributed by atoms with Gasteiger partial charge in [-0.2, -0.15) is 17.0 Å². The lowest BCUT2D eigenvalue weighted by molar-refractivity contribution is 0.601. The molecule has 0 radical (unpaired) electrons. The lowest BCUT2D eigenvalue weighted by Crippen LogP contribution is -2.36. The van der Waals surface area contributed by atoms with Gasteiger partial charge in [0.15, 0.2) is 6.19 Å². The summed E-state index contributed by atoms with van der Waals surface area (Å²) < 4.78 is 0. The van der Waals surface area contributed by atoms with Crippen LogP contribution in [0.1, 0.15) is 49.9 Å². The van der Waals surface area contributed by atoms with Gasteiger partial charge >= 0.3 is 0 Å². The van der Waals surface area contributed by atoms with Crippen LogP contribution in [0.15, 0.2) is 11.3 Å². The highest BCUT2D eigenvalue weighted by atomic mass is 32.2. The zero-order valence-electron chi connectivity index (χ0n) is 15.2. The summed E-state index contributed by atoms with van der Waals surface area (Å²) in [6.45, 7) is 4.33. The van der Waals surface area contributed by atoms with Crippen LogP contribution >= 0.6 is 11.8 Å². The van der Waals surface area contributed by atoms with Crippen LogP contribution in [-0.2, 0) is 5.75 Å². The number of nitrogens with two attached hydrogens (primary N) is 1. The summed E-state index contributed by atoms with van der Waals surface area (Å²) >= 11 is 1.81. The molecule has 0 saturated carbocycles. The fraction of sp³-hybridized carbons (Fsp3) is 0.706. The van der Waals surface area contributed by atoms with E-state index in [2.05, 4.69) is 25.6 Å². The molecule has 1 rings (SSSR count). The number of hydrogen-bond donors (Lipinski definition) is 4. The Kier molecular flexibility index (Phi) is 12.5. The number of unbranched alkanes of at least 4 members (excludes halogenated alkanes) is 5. The highest BCUT2D eigenvalue weighted by Gasteiger charge is 2.01. The first-order valence-corrected chi connectivity index (χ1v) is 10.1. The molecule has 1 aromatic rings. The molecule has 25 heavy (non-hydrogen) atoms. The second-order valence-corrected chi connectivity index (χ2v) is 6.94. The first kappa shape index (κ1) is 21.3. The van der Waals surface area contributed by atoms with E-state index in [0.29, 0.717) is 5.96 Å². The molecule has 7 nitrogen and oxygen atoms in total. The highest BCUT2D eigenvalue weighted by Crippen LogP contribution is 2.11. The second-order valence-electron chi connectivity index (χ2n) is 5.83. The third-order valence-corrected chi connectivity index (χ3v) is 4.74. The molecule has 0 aliphatic heterocycles. The number of nitrogens with zero attached hydrogens (tertiary/aromatic N) is 3. The van der Waals surface area contributed by atoms with Crippen LogP contribution in [0.25, 0.3) is 0 Å². The monoisotopic (exact) mass is 365 g/mol. The third-order valence-electron chi connectivity index (χ3n) is 3.77. The van der Waals surface area contributed by atoms with E-state index in [1.807, 2.05) is 13.1 Å². The van der Waals surface area contributed by atoms with Gasteiger partial charge in [0.1, 0.15) is 0 Å². The van der Waals surface area contributed by atoms with Crippen molar-refractivity contribution in [3.63, 3.8) is 0 Å². The van der Waals surface area contributed by atoms with Gasteiger partial charge in [0.2, 0.25) is 5.96 Å². The van der Waals surface area contributed by atoms with Crippen molar-refractivity contribution in [1.82, 2.24) is 20.6 Å². The number of aliphatic imine (C=N–C) groups is 1. The molecule has 0 bridgehead atoms. The molecule has 0 aliphatic rings. The van der Waals surface area contributed by atoms with Gasteiger partial charge in [0.25, 0.3) is 0 Å². The Hall–Kier alpha value is -1.72. The lowest BCUT2D eigenvalue weighted by atomic mass is 10.1. The van der Waals surface area contributed by atoms with Gasteiger partial charge in [-0.25, -0.2) is 4.98 Å². The van der Waals surface area contributed by atoms with Gasteiger partial charge in [0.05, 0.1) is 12.0 Å². The smallest absolute Gasteiger partial charge is 0.204 e. The van der Waals surface area contributed by atoms with Crippen molar-refractivity contribution in [2.75, 3.05) is 25.4 Å². The van der Waals surface area contributed by atoms with Crippen LogP contribution in [0.2, 0.25) is 0 Å². The number of thioether (sulfide) groups is 1. The topological polar surface area (TPSA) is 115 Å². The number of hydrogen-bond acceptors (Lipinski definition) is 5. The molecule has 0 aromatic carbocycles. The molecule has 1 heterocycles. The molecule has 0 unspecified atom stereocenters. The molecule has 140 valence electrons. The van der Waals surface area contributed by atoms with Crippen molar-refractivity contribution in [1.29, 1.82) is 5.26 Å². The Labute approximate surface area is 155 Å². The quantitative estimate of drug-likeness (QED) is 0.140. The number of guanidine groups is 1. The average molecular weight is 366 g/mol. The Balaban J connectivity index is 2.09. The summed E-state index contributed by atoms with van der Waals surface area (Å²) in [5.41, 5.74) is 7.70. The molecule has 8 heteroatoms. The Morgan fingerprint density at radius 3 is 2.76 bits per heavy atom. The van der Waals surface area contributed by atoms with E-state index < -0.39 is 0 Å². The van der Waals surface area contributed by atoms with Crippen LogP contribution < -0.4 is 16.4 Å². The first-order chi connectivity index (χ1) is 12.3. The molecule has 0 atom stereocenters. The van der Waals surface area contributed by atoms with Gasteiger partial charge in [-0.1, -0.05) is 25.7 Å². The molecule has 1 aromatic heterocycles. The molecule has 0 amide bonds. The fourth-order valence-corrected chi connectivity index (χ4v) is 3.16. The van der Waals surface area contributed by atoms with E-state index in [0.717, 1.165) is 55.4 Å². The maximum absolute atomic E-state index is 8.81. The van der Waals surface area contributed by atoms with E-state index in [9.17, 15) is 0 Å². The second kappa shape index (κ2) is 14.6. The van der Waals surface area contributed by atoms with Gasteiger partial charge < -0.3 is 16.0 Å². The summed E-state index contributed by atoms with van der Waals surface area (Å²) in [4.78, 5) is 11.8. The molecule has 5 N–H and O–H groups in total. The lowest BCUT2D eigenvalue weighted by Gasteiger charge is -2.08. The van der Waals surface area contributed by atoms with Crippen molar-refractivity contribution in [2.24, 2.45) is 10.7 Å². The Morgan fingerprint density at radius 1 is 1.32 bits per heavy atom. The Morgan fingerprint density at radius 2 is 2.08 bits per heavy atom. The highest BCUT2D eigenvalue weighted by molar-refractivity contribution is 7.98. The molecular weight excluding hydrogens is 334 g/mol. The minimum absolute atomic E-state index is 0.571. The number of nitriles is 1. The van der Waals surface area contributed by atoms with Crippen LogP contribution in [0, 0.1) is 18.4 Å². The predicted octanol–water partition coefficient (Wildman–Crippen LogP) is 2.27. The zero-order valence-corrected chi connectivity index (χ0v) is 16.0. The van der Waals surface area contributed by atoms with Crippen molar-refractivity contribution in [3.8, 4) is 6.19 Å². The number of nitrogens with one attached hydrogen (secondary N) is 3. The van der Waals surface area contributed by atoms with Gasteiger partial charge in [-0.05, 0) is 26.3 Å². The molecule has 0 aliphatic carbocycles. The summed E-state index contributed by atoms with van der Waals surface area (Å²) in [6, 6.07) is 0. The van der Waals surface area contributed by atoms with Crippen molar-refractivity contribution in [2.45, 2.75) is 51.2 Å². The SMILES string of the molecule is Cc1[nH]cnc1CSCCNC(=NCCCCCCCCN)NC#N. The minimum Gasteiger partial charge on any atom is -0.355 e. The van der Waals surface area contributed by atoms with Gasteiger partial charge in [0, 0.05) is 30.3 Å². The normalized spacial score (nSPS) is 11.3. The first-order valence-electron chi connectivity index (χ1n) is 8.98. The number of aromatic amines is 1. The molecular formula is C17H31N7S. The number of rotatable bonds is 13. The van der Waals surface area contributed by atoms with Crippen molar-refractivity contribution < 1.29 is 0 Å². The van der Waals surface area contributed by atoms with E-state index in [4.69, 9.17) is 11.0 Å². The fourth-order valence-electron chi connectivity index (χ4n) is 2.29. The van der Waals surface area contributed by atoms with E-state index in [1.54, 1.807) is 18.1 Å². The van der Waals surface area contributed by atoms with Crippen LogP contribution in [0.4, 0.5) is 0 Å². The number of H-pyrrole nitrogens is 1. The van der Waals surface area contributed by atoms with Crippen LogP contribution in [-0.4, -0.2) is 41.3 Å². The van der Waals surface area contributed by atoms with Gasteiger partial charge in [-0.15, -0.1) is 0 Å². The Bertz CT molecular complexity index is 521. The average Bonchev–Trinajstić information content (AvgIpc) is 3.02. The van der Waals surface area contributed by atoms with E-state index in [1.165, 1.54) is 25.7 Å². The standard InChI is InChI=1S/C17H31N7S/c1-15-16(24-14-23-15)12-25-11-10-21-17(22-13-19)20-9-7-5-3-2-4-6-8-18/h14H,2-12,18H2,1H3,(H,23,24)(H2,20,21,22). The summed E-state index contributed by atoms with van der Waals surface area (Å²) in [7, 11) is 0. The number of imidazole rings is 1. The minimum atomic E-state index is 0.571. The van der Waals surface area contributed by atoms with E-state index >= 15 is 0 Å². The summed E-state index contributed by atoms with van der Waals surface area (Å²) in [5, 5.41) is 14.6. The summed E-state index contributed by atoms with van der Waals surface area (Å²) in [5.74, 6) is 2.39. The van der Waals surface area contributed by atoms with Crippen LogP contribution in [0.3, 0.4) is 0 Å². The predicted molar refractivity (Wildman–Crippen MR) is 105 cm³/mol. The zero-order chi connectivity index (χ0) is 18.2. The maximum Gasteiger partial charge on any atom is 0.204 e.